The topological polar surface area (TPSA) is 15.7 Å². The molecule has 3 aromatic rings. The maximum absolute atomic E-state index is 6.79. The van der Waals surface area contributed by atoms with E-state index >= 15 is 0 Å². The number of hydrogen-bond donors (Lipinski definition) is 0. The standard InChI is InChI=1S/C42H50N2O/c1-7-29-43-36-23-14-12-21-34(36)41(3,4)38(43)27-25-31-17-16-18-32(40(31)45-33-19-10-9-11-20-33)26-28-39-42(5,6)35-22-13-15-24-37(35)44(39)30-8-2/h9-15,19-28,38H,7-8,16-18,29-30H2,1-6H3. The highest BCUT2D eigenvalue weighted by molar-refractivity contribution is 5.71. The van der Waals surface area contributed by atoms with E-state index in [2.05, 4.69) is 155 Å². The van der Waals surface area contributed by atoms with Crippen molar-refractivity contribution in [3.8, 4) is 5.75 Å². The molecule has 2 aliphatic heterocycles. The Hall–Kier alpha value is -3.98. The molecule has 0 fully saturated rings. The number of fused-ring (bicyclic) bond motifs is 2. The van der Waals surface area contributed by atoms with Crippen LogP contribution in [-0.4, -0.2) is 19.1 Å². The summed E-state index contributed by atoms with van der Waals surface area (Å²) in [5.74, 6) is 1.91. The van der Waals surface area contributed by atoms with Gasteiger partial charge < -0.3 is 14.5 Å². The van der Waals surface area contributed by atoms with Crippen LogP contribution in [0.15, 0.2) is 126 Å². The SMILES string of the molecule is CCCN1C(=CC=C2CCCC(C=CC3N(CCC)c4ccccc4C3(C)C)=C2Oc2ccccc2)C(C)(C)c2ccccc21. The van der Waals surface area contributed by atoms with E-state index in [0.717, 1.165) is 56.7 Å². The first-order valence-corrected chi connectivity index (χ1v) is 17.1. The highest BCUT2D eigenvalue weighted by atomic mass is 16.5. The number of allylic oxidation sites excluding steroid dienone is 6. The van der Waals surface area contributed by atoms with E-state index < -0.39 is 0 Å². The largest absolute Gasteiger partial charge is 0.457 e. The lowest BCUT2D eigenvalue weighted by atomic mass is 9.80. The minimum atomic E-state index is -0.0593. The van der Waals surface area contributed by atoms with Gasteiger partial charge in [0.15, 0.2) is 0 Å². The average Bonchev–Trinajstić information content (AvgIpc) is 3.39. The number of para-hydroxylation sites is 3. The second-order valence-corrected chi connectivity index (χ2v) is 13.9. The summed E-state index contributed by atoms with van der Waals surface area (Å²) >= 11 is 0. The van der Waals surface area contributed by atoms with E-state index in [-0.39, 0.29) is 16.9 Å². The molecule has 6 rings (SSSR count). The fourth-order valence-electron chi connectivity index (χ4n) is 7.76. The number of rotatable bonds is 9. The lowest BCUT2D eigenvalue weighted by Crippen LogP contribution is -2.40. The van der Waals surface area contributed by atoms with Gasteiger partial charge in [0.05, 0.1) is 6.04 Å². The van der Waals surface area contributed by atoms with Crippen molar-refractivity contribution in [2.45, 2.75) is 90.5 Å². The molecule has 3 aromatic carbocycles. The summed E-state index contributed by atoms with van der Waals surface area (Å²) < 4.78 is 6.79. The van der Waals surface area contributed by atoms with Crippen molar-refractivity contribution in [3.63, 3.8) is 0 Å². The molecule has 3 aliphatic rings. The van der Waals surface area contributed by atoms with E-state index in [1.807, 2.05) is 0 Å². The summed E-state index contributed by atoms with van der Waals surface area (Å²) in [6, 6.07) is 28.5. The zero-order valence-electron chi connectivity index (χ0n) is 28.1. The third-order valence-corrected chi connectivity index (χ3v) is 10.1. The first-order valence-electron chi connectivity index (χ1n) is 17.1. The molecule has 1 atom stereocenters. The van der Waals surface area contributed by atoms with Crippen LogP contribution in [0.1, 0.15) is 84.8 Å². The van der Waals surface area contributed by atoms with Crippen LogP contribution in [0.25, 0.3) is 0 Å². The third-order valence-electron chi connectivity index (χ3n) is 10.1. The fourth-order valence-corrected chi connectivity index (χ4v) is 7.76. The van der Waals surface area contributed by atoms with Crippen molar-refractivity contribution < 1.29 is 4.74 Å². The van der Waals surface area contributed by atoms with E-state index in [0.29, 0.717) is 0 Å². The normalized spacial score (nSPS) is 22.0. The Bertz CT molecular complexity index is 1640. The van der Waals surface area contributed by atoms with Gasteiger partial charge >= 0.3 is 0 Å². The van der Waals surface area contributed by atoms with Gasteiger partial charge in [0.25, 0.3) is 0 Å². The van der Waals surface area contributed by atoms with Crippen LogP contribution in [0.3, 0.4) is 0 Å². The number of benzene rings is 3. The number of anilines is 2. The second-order valence-electron chi connectivity index (χ2n) is 13.9. The molecule has 2 heterocycles. The molecule has 3 nitrogen and oxygen atoms in total. The van der Waals surface area contributed by atoms with Crippen molar-refractivity contribution in [2.24, 2.45) is 0 Å². The van der Waals surface area contributed by atoms with Crippen molar-refractivity contribution >= 4 is 11.4 Å². The summed E-state index contributed by atoms with van der Waals surface area (Å²) in [7, 11) is 0. The molecule has 1 aliphatic carbocycles. The van der Waals surface area contributed by atoms with Gasteiger partial charge in [-0.2, -0.15) is 0 Å². The molecular weight excluding hydrogens is 548 g/mol. The van der Waals surface area contributed by atoms with Gasteiger partial charge in [0.1, 0.15) is 11.5 Å². The molecule has 0 radical (unpaired) electrons. The maximum Gasteiger partial charge on any atom is 0.133 e. The van der Waals surface area contributed by atoms with E-state index in [1.165, 1.54) is 39.3 Å². The molecule has 0 saturated carbocycles. The highest BCUT2D eigenvalue weighted by Gasteiger charge is 2.43. The summed E-state index contributed by atoms with van der Waals surface area (Å²) in [5, 5.41) is 0. The summed E-state index contributed by atoms with van der Waals surface area (Å²) in [4.78, 5) is 5.13. The molecule has 45 heavy (non-hydrogen) atoms. The van der Waals surface area contributed by atoms with Crippen LogP contribution >= 0.6 is 0 Å². The molecular formula is C42H50N2O. The summed E-state index contributed by atoms with van der Waals surface area (Å²) in [5.41, 5.74) is 9.45. The molecule has 234 valence electrons. The highest BCUT2D eigenvalue weighted by Crippen LogP contribution is 2.48. The third kappa shape index (κ3) is 5.78. The van der Waals surface area contributed by atoms with Gasteiger partial charge in [-0.1, -0.05) is 114 Å². The smallest absolute Gasteiger partial charge is 0.133 e. The average molecular weight is 599 g/mol. The van der Waals surface area contributed by atoms with Gasteiger partial charge in [-0.15, -0.1) is 0 Å². The number of ether oxygens (including phenoxy) is 1. The van der Waals surface area contributed by atoms with Gasteiger partial charge in [-0.25, -0.2) is 0 Å². The molecule has 0 bridgehead atoms. The van der Waals surface area contributed by atoms with Crippen molar-refractivity contribution in [2.75, 3.05) is 22.9 Å². The summed E-state index contributed by atoms with van der Waals surface area (Å²) in [6.45, 7) is 16.1. The molecule has 0 N–H and O–H groups in total. The van der Waals surface area contributed by atoms with Crippen molar-refractivity contribution in [3.05, 3.63) is 137 Å². The van der Waals surface area contributed by atoms with Crippen LogP contribution in [0.4, 0.5) is 11.4 Å². The van der Waals surface area contributed by atoms with Gasteiger partial charge in [-0.3, -0.25) is 0 Å². The van der Waals surface area contributed by atoms with Gasteiger partial charge in [-0.05, 0) is 84.7 Å². The molecule has 1 unspecified atom stereocenters. The number of hydrogen-bond acceptors (Lipinski definition) is 3. The van der Waals surface area contributed by atoms with E-state index in [1.54, 1.807) is 0 Å². The molecule has 0 saturated heterocycles. The maximum atomic E-state index is 6.79. The quantitative estimate of drug-likeness (QED) is 0.244. The number of nitrogens with zero attached hydrogens (tertiary/aromatic N) is 2. The fraction of sp³-hybridized carbons (Fsp3) is 0.381. The first kappa shape index (κ1) is 31.0. The summed E-state index contributed by atoms with van der Waals surface area (Å²) in [6.07, 6.45) is 14.9. The van der Waals surface area contributed by atoms with Crippen molar-refractivity contribution in [1.82, 2.24) is 0 Å². The Morgan fingerprint density at radius 1 is 0.756 bits per heavy atom. The van der Waals surface area contributed by atoms with Gasteiger partial charge in [0.2, 0.25) is 0 Å². The van der Waals surface area contributed by atoms with E-state index in [9.17, 15) is 0 Å². The lowest BCUT2D eigenvalue weighted by Gasteiger charge is -2.32. The van der Waals surface area contributed by atoms with Crippen LogP contribution in [-0.2, 0) is 10.8 Å². The molecule has 0 spiro atoms. The Kier molecular flexibility index (Phi) is 8.82. The lowest BCUT2D eigenvalue weighted by molar-refractivity contribution is 0.415. The zero-order chi connectivity index (χ0) is 31.6. The second kappa shape index (κ2) is 12.8. The predicted molar refractivity (Wildman–Crippen MR) is 191 cm³/mol. The molecule has 3 heteroatoms. The Labute approximate surface area is 271 Å². The van der Waals surface area contributed by atoms with Crippen LogP contribution in [0.2, 0.25) is 0 Å². The van der Waals surface area contributed by atoms with E-state index in [4.69, 9.17) is 4.74 Å². The Balaban J connectivity index is 1.41. The minimum Gasteiger partial charge on any atom is -0.457 e. The Morgan fingerprint density at radius 2 is 1.42 bits per heavy atom. The van der Waals surface area contributed by atoms with Crippen molar-refractivity contribution in [1.29, 1.82) is 0 Å². The Morgan fingerprint density at radius 3 is 2.16 bits per heavy atom. The van der Waals surface area contributed by atoms with Gasteiger partial charge in [0, 0.05) is 41.0 Å². The van der Waals surface area contributed by atoms with Crippen LogP contribution < -0.4 is 14.5 Å². The minimum absolute atomic E-state index is 0.0207. The first-order chi connectivity index (χ1) is 21.8. The van der Waals surface area contributed by atoms with Crippen LogP contribution in [0.5, 0.6) is 5.75 Å². The molecule has 0 amide bonds. The predicted octanol–water partition coefficient (Wildman–Crippen LogP) is 10.7. The zero-order valence-corrected chi connectivity index (χ0v) is 28.1. The monoisotopic (exact) mass is 598 g/mol. The molecule has 0 aromatic heterocycles. The van der Waals surface area contributed by atoms with Crippen LogP contribution in [0, 0.1) is 0 Å².